The van der Waals surface area contributed by atoms with E-state index in [1.165, 1.54) is 12.3 Å². The van der Waals surface area contributed by atoms with Crippen molar-refractivity contribution in [2.24, 2.45) is 10.7 Å². The number of hydrogen-bond donors (Lipinski definition) is 3. The number of aliphatic imine (C=N–C) groups is 1. The van der Waals surface area contributed by atoms with Crippen LogP contribution >= 0.6 is 0 Å². The molecule has 0 spiro atoms. The Morgan fingerprint density at radius 1 is 1.50 bits per heavy atom. The number of benzene rings is 1. The molecule has 4 nitrogen and oxygen atoms in total. The van der Waals surface area contributed by atoms with E-state index in [0.29, 0.717) is 11.4 Å². The van der Waals surface area contributed by atoms with Crippen LogP contribution in [0.25, 0.3) is 0 Å². The van der Waals surface area contributed by atoms with Crippen LogP contribution in [0, 0.1) is 0 Å². The van der Waals surface area contributed by atoms with Gasteiger partial charge in [0.15, 0.2) is 0 Å². The van der Waals surface area contributed by atoms with Crippen LogP contribution in [-0.2, 0) is 0 Å². The van der Waals surface area contributed by atoms with Crippen molar-refractivity contribution in [3.05, 3.63) is 30.0 Å². The maximum Gasteiger partial charge on any atom is 0.143 e. The lowest BCUT2D eigenvalue weighted by molar-refractivity contribution is 0.477. The van der Waals surface area contributed by atoms with Crippen LogP contribution in [0.5, 0.6) is 5.75 Å². The molecule has 14 heavy (non-hydrogen) atoms. The van der Waals surface area contributed by atoms with Crippen LogP contribution < -0.4 is 11.5 Å². The van der Waals surface area contributed by atoms with Crippen molar-refractivity contribution in [3.8, 4) is 5.75 Å². The van der Waals surface area contributed by atoms with Gasteiger partial charge in [-0.2, -0.15) is 0 Å². The third-order valence-corrected chi connectivity index (χ3v) is 1.67. The van der Waals surface area contributed by atoms with E-state index in [9.17, 15) is 5.11 Å². The standard InChI is InChI=1S/C10H13N3O/c1-7(5-11)6-13-9-3-2-8(12)4-10(9)14/h2-6,14H,11-12H2,1H3/b7-5-,13-6?. The van der Waals surface area contributed by atoms with E-state index in [0.717, 1.165) is 5.57 Å². The minimum atomic E-state index is 0.0612. The highest BCUT2D eigenvalue weighted by Gasteiger charge is 1.97. The number of nitrogen functional groups attached to an aromatic ring is 1. The van der Waals surface area contributed by atoms with E-state index in [1.807, 2.05) is 6.92 Å². The Morgan fingerprint density at radius 2 is 2.21 bits per heavy atom. The van der Waals surface area contributed by atoms with Gasteiger partial charge in [0.25, 0.3) is 0 Å². The van der Waals surface area contributed by atoms with Crippen molar-refractivity contribution in [2.45, 2.75) is 6.92 Å². The molecular weight excluding hydrogens is 178 g/mol. The molecule has 4 heteroatoms. The van der Waals surface area contributed by atoms with Gasteiger partial charge < -0.3 is 16.6 Å². The Labute approximate surface area is 82.6 Å². The fourth-order valence-electron chi connectivity index (χ4n) is 0.864. The number of nitrogens with zero attached hydrogens (tertiary/aromatic N) is 1. The lowest BCUT2D eigenvalue weighted by Gasteiger charge is -1.99. The number of nitrogens with two attached hydrogens (primary N) is 2. The molecule has 0 aliphatic carbocycles. The van der Waals surface area contributed by atoms with Crippen LogP contribution in [0.3, 0.4) is 0 Å². The topological polar surface area (TPSA) is 84.6 Å². The largest absolute Gasteiger partial charge is 0.506 e. The summed E-state index contributed by atoms with van der Waals surface area (Å²) in [5.74, 6) is 0.0612. The highest BCUT2D eigenvalue weighted by Crippen LogP contribution is 2.27. The molecule has 0 heterocycles. The number of hydrogen-bond acceptors (Lipinski definition) is 4. The zero-order valence-corrected chi connectivity index (χ0v) is 7.94. The zero-order valence-electron chi connectivity index (χ0n) is 7.94. The molecule has 0 aromatic heterocycles. The van der Waals surface area contributed by atoms with Gasteiger partial charge in [-0.3, -0.25) is 4.99 Å². The fourth-order valence-corrected chi connectivity index (χ4v) is 0.864. The van der Waals surface area contributed by atoms with E-state index >= 15 is 0 Å². The molecule has 0 unspecified atom stereocenters. The smallest absolute Gasteiger partial charge is 0.143 e. The summed E-state index contributed by atoms with van der Waals surface area (Å²) in [5, 5.41) is 9.43. The molecule has 0 fully saturated rings. The molecule has 1 rings (SSSR count). The number of rotatable bonds is 2. The van der Waals surface area contributed by atoms with E-state index in [1.54, 1.807) is 18.3 Å². The highest BCUT2D eigenvalue weighted by atomic mass is 16.3. The maximum absolute atomic E-state index is 9.43. The van der Waals surface area contributed by atoms with Gasteiger partial charge in [0.2, 0.25) is 0 Å². The van der Waals surface area contributed by atoms with Crippen LogP contribution in [0.1, 0.15) is 6.92 Å². The summed E-state index contributed by atoms with van der Waals surface area (Å²) >= 11 is 0. The van der Waals surface area contributed by atoms with Crippen molar-refractivity contribution in [3.63, 3.8) is 0 Å². The van der Waals surface area contributed by atoms with Crippen molar-refractivity contribution >= 4 is 17.6 Å². The molecule has 0 radical (unpaired) electrons. The van der Waals surface area contributed by atoms with Gasteiger partial charge in [0.05, 0.1) is 0 Å². The fraction of sp³-hybridized carbons (Fsp3) is 0.100. The van der Waals surface area contributed by atoms with Gasteiger partial charge >= 0.3 is 0 Å². The molecule has 74 valence electrons. The second-order valence-electron chi connectivity index (χ2n) is 2.92. The van der Waals surface area contributed by atoms with E-state index in [-0.39, 0.29) is 5.75 Å². The molecule has 1 aromatic rings. The van der Waals surface area contributed by atoms with E-state index in [2.05, 4.69) is 4.99 Å². The second kappa shape index (κ2) is 4.32. The van der Waals surface area contributed by atoms with Crippen LogP contribution in [-0.4, -0.2) is 11.3 Å². The van der Waals surface area contributed by atoms with E-state index < -0.39 is 0 Å². The third-order valence-electron chi connectivity index (χ3n) is 1.67. The van der Waals surface area contributed by atoms with Gasteiger partial charge in [-0.1, -0.05) is 0 Å². The number of anilines is 1. The van der Waals surface area contributed by atoms with Crippen LogP contribution in [0.2, 0.25) is 0 Å². The summed E-state index contributed by atoms with van der Waals surface area (Å²) in [6.45, 7) is 1.82. The van der Waals surface area contributed by atoms with Crippen molar-refractivity contribution in [1.29, 1.82) is 0 Å². The monoisotopic (exact) mass is 191 g/mol. The minimum absolute atomic E-state index is 0.0612. The third kappa shape index (κ3) is 2.52. The number of phenols is 1. The molecule has 0 amide bonds. The van der Waals surface area contributed by atoms with Gasteiger partial charge in [-0.25, -0.2) is 0 Å². The first-order valence-corrected chi connectivity index (χ1v) is 4.14. The molecule has 0 aliphatic heterocycles. The van der Waals surface area contributed by atoms with E-state index in [4.69, 9.17) is 11.5 Å². The molecule has 5 N–H and O–H groups in total. The maximum atomic E-state index is 9.43. The predicted molar refractivity (Wildman–Crippen MR) is 58.6 cm³/mol. The average Bonchev–Trinajstić information content (AvgIpc) is 2.16. The number of aromatic hydroxyl groups is 1. The number of phenolic OH excluding ortho intramolecular Hbond substituents is 1. The summed E-state index contributed by atoms with van der Waals surface area (Å²) in [4.78, 5) is 4.04. The summed E-state index contributed by atoms with van der Waals surface area (Å²) in [6, 6.07) is 4.77. The van der Waals surface area contributed by atoms with Gasteiger partial charge in [0, 0.05) is 18.0 Å². The first-order valence-electron chi connectivity index (χ1n) is 4.14. The summed E-state index contributed by atoms with van der Waals surface area (Å²) in [7, 11) is 0. The molecule has 1 aromatic carbocycles. The Morgan fingerprint density at radius 3 is 2.79 bits per heavy atom. The number of allylic oxidation sites excluding steroid dienone is 1. The molecule has 0 aliphatic rings. The first-order chi connectivity index (χ1) is 6.63. The molecule has 0 atom stereocenters. The molecule has 0 saturated carbocycles. The van der Waals surface area contributed by atoms with Crippen molar-refractivity contribution in [1.82, 2.24) is 0 Å². The Hall–Kier alpha value is -1.97. The van der Waals surface area contributed by atoms with Crippen LogP contribution in [0.15, 0.2) is 35.0 Å². The van der Waals surface area contributed by atoms with Gasteiger partial charge in [-0.05, 0) is 30.8 Å². The SMILES string of the molecule is C/C(C=Nc1ccc(N)cc1O)=C/N. The second-order valence-corrected chi connectivity index (χ2v) is 2.92. The quantitative estimate of drug-likeness (QED) is 0.489. The first kappa shape index (κ1) is 10.1. The summed E-state index contributed by atoms with van der Waals surface area (Å²) < 4.78 is 0. The van der Waals surface area contributed by atoms with Crippen LogP contribution in [0.4, 0.5) is 11.4 Å². The molecule has 0 bridgehead atoms. The van der Waals surface area contributed by atoms with Gasteiger partial charge in [0.1, 0.15) is 11.4 Å². The zero-order chi connectivity index (χ0) is 10.6. The average molecular weight is 191 g/mol. The Balaban J connectivity index is 2.93. The van der Waals surface area contributed by atoms with Gasteiger partial charge in [-0.15, -0.1) is 0 Å². The minimum Gasteiger partial charge on any atom is -0.506 e. The summed E-state index contributed by atoms with van der Waals surface area (Å²) in [6.07, 6.45) is 3.02. The summed E-state index contributed by atoms with van der Waals surface area (Å²) in [5.41, 5.74) is 12.5. The Kier molecular flexibility index (Phi) is 3.12. The normalized spacial score (nSPS) is 12.2. The van der Waals surface area contributed by atoms with Crippen molar-refractivity contribution < 1.29 is 5.11 Å². The lowest BCUT2D eigenvalue weighted by atomic mass is 10.2. The molecular formula is C10H13N3O. The molecule has 0 saturated heterocycles. The predicted octanol–water partition coefficient (Wildman–Crippen LogP) is 1.54. The Bertz CT molecular complexity index is 383. The highest BCUT2D eigenvalue weighted by molar-refractivity contribution is 5.81. The lowest BCUT2D eigenvalue weighted by Crippen LogP contribution is -1.85. The van der Waals surface area contributed by atoms with Crippen molar-refractivity contribution in [2.75, 3.05) is 5.73 Å².